The van der Waals surface area contributed by atoms with Crippen LogP contribution in [0.3, 0.4) is 0 Å². The van der Waals surface area contributed by atoms with Crippen molar-refractivity contribution in [3.05, 3.63) is 76.9 Å². The van der Waals surface area contributed by atoms with Gasteiger partial charge in [0.05, 0.1) is 6.61 Å². The van der Waals surface area contributed by atoms with Crippen LogP contribution in [0.25, 0.3) is 0 Å². The Hall–Kier alpha value is -2.16. The van der Waals surface area contributed by atoms with Gasteiger partial charge in [-0.3, -0.25) is 0 Å². The maximum Gasteiger partial charge on any atom is 0.200 e. The molecule has 0 radical (unpaired) electrons. The molecular formula is C31H40F2O. The fraction of sp³-hybridized carbons (Fsp3) is 0.548. The van der Waals surface area contributed by atoms with Gasteiger partial charge in [-0.15, -0.1) is 0 Å². The van der Waals surface area contributed by atoms with Crippen molar-refractivity contribution >= 4 is 0 Å². The van der Waals surface area contributed by atoms with E-state index in [1.807, 2.05) is 0 Å². The average molecular weight is 467 g/mol. The van der Waals surface area contributed by atoms with Crippen LogP contribution in [0.5, 0.6) is 5.75 Å². The Morgan fingerprint density at radius 1 is 0.824 bits per heavy atom. The van der Waals surface area contributed by atoms with E-state index in [4.69, 9.17) is 4.74 Å². The lowest BCUT2D eigenvalue weighted by Crippen LogP contribution is -2.15. The van der Waals surface area contributed by atoms with Gasteiger partial charge in [0.1, 0.15) is 0 Å². The predicted molar refractivity (Wildman–Crippen MR) is 136 cm³/mol. The number of ether oxygens (including phenoxy) is 1. The molecule has 4 rings (SSSR count). The standard InChI is InChI=1S/C31H40F2O/c1-3-34-29-21-20-28(30(32)31(29)33)27-18-12-24(13-19-27)7-5-4-6-23-10-16-26(17-11-23)25-14-8-22(2)9-15-25/h4,6,8-9,14-15,20-21,23-24,26-27H,3,5,7,10-13,16-19H2,1-2H3/b6-4+. The summed E-state index contributed by atoms with van der Waals surface area (Å²) in [5.74, 6) is 0.764. The van der Waals surface area contributed by atoms with Crippen molar-refractivity contribution in [1.82, 2.24) is 0 Å². The molecule has 2 aliphatic carbocycles. The molecule has 184 valence electrons. The van der Waals surface area contributed by atoms with Gasteiger partial charge < -0.3 is 4.74 Å². The highest BCUT2D eigenvalue weighted by Crippen LogP contribution is 2.40. The van der Waals surface area contributed by atoms with Crippen LogP contribution in [0.1, 0.15) is 99.7 Å². The predicted octanol–water partition coefficient (Wildman–Crippen LogP) is 9.26. The lowest BCUT2D eigenvalue weighted by atomic mass is 9.76. The Labute approximate surface area is 204 Å². The van der Waals surface area contributed by atoms with Gasteiger partial charge in [-0.25, -0.2) is 4.39 Å². The summed E-state index contributed by atoms with van der Waals surface area (Å²) < 4.78 is 34.0. The minimum Gasteiger partial charge on any atom is -0.491 e. The Kier molecular flexibility index (Phi) is 8.80. The third-order valence-electron chi connectivity index (χ3n) is 8.13. The van der Waals surface area contributed by atoms with E-state index in [9.17, 15) is 8.78 Å². The first-order valence-corrected chi connectivity index (χ1v) is 13.4. The van der Waals surface area contributed by atoms with Crippen molar-refractivity contribution in [2.75, 3.05) is 6.61 Å². The van der Waals surface area contributed by atoms with Crippen molar-refractivity contribution in [3.8, 4) is 5.75 Å². The summed E-state index contributed by atoms with van der Waals surface area (Å²) in [4.78, 5) is 0. The Morgan fingerprint density at radius 3 is 2.18 bits per heavy atom. The van der Waals surface area contributed by atoms with Gasteiger partial charge in [0.15, 0.2) is 11.6 Å². The molecule has 0 unspecified atom stereocenters. The van der Waals surface area contributed by atoms with Crippen LogP contribution in [0.2, 0.25) is 0 Å². The Balaban J connectivity index is 1.17. The summed E-state index contributed by atoms with van der Waals surface area (Å²) in [6, 6.07) is 12.4. The fourth-order valence-corrected chi connectivity index (χ4v) is 6.00. The van der Waals surface area contributed by atoms with Crippen molar-refractivity contribution < 1.29 is 13.5 Å². The van der Waals surface area contributed by atoms with Crippen LogP contribution in [0.15, 0.2) is 48.6 Å². The van der Waals surface area contributed by atoms with Gasteiger partial charge in [0.2, 0.25) is 5.82 Å². The van der Waals surface area contributed by atoms with E-state index in [1.165, 1.54) is 43.2 Å². The van der Waals surface area contributed by atoms with E-state index >= 15 is 0 Å². The number of hydrogen-bond acceptors (Lipinski definition) is 1. The first-order valence-electron chi connectivity index (χ1n) is 13.4. The molecule has 2 fully saturated rings. The molecule has 0 aliphatic heterocycles. The minimum atomic E-state index is -0.834. The summed E-state index contributed by atoms with van der Waals surface area (Å²) in [5, 5.41) is 0. The van der Waals surface area contributed by atoms with Crippen LogP contribution in [0, 0.1) is 30.4 Å². The van der Waals surface area contributed by atoms with Gasteiger partial charge in [-0.1, -0.05) is 48.0 Å². The zero-order valence-corrected chi connectivity index (χ0v) is 20.9. The van der Waals surface area contributed by atoms with Gasteiger partial charge in [0, 0.05) is 0 Å². The Morgan fingerprint density at radius 2 is 1.50 bits per heavy atom. The van der Waals surface area contributed by atoms with Gasteiger partial charge in [-0.2, -0.15) is 4.39 Å². The number of aryl methyl sites for hydroxylation is 1. The second kappa shape index (κ2) is 12.0. The van der Waals surface area contributed by atoms with Crippen molar-refractivity contribution in [2.45, 2.75) is 89.9 Å². The zero-order valence-electron chi connectivity index (χ0n) is 20.9. The summed E-state index contributed by atoms with van der Waals surface area (Å²) in [7, 11) is 0. The maximum atomic E-state index is 14.6. The third-order valence-corrected chi connectivity index (χ3v) is 8.13. The van der Waals surface area contributed by atoms with Crippen molar-refractivity contribution in [2.24, 2.45) is 11.8 Å². The first kappa shape index (κ1) is 24.9. The highest BCUT2D eigenvalue weighted by Gasteiger charge is 2.26. The molecule has 2 aliphatic rings. The topological polar surface area (TPSA) is 9.23 Å². The lowest BCUT2D eigenvalue weighted by molar-refractivity contribution is 0.297. The molecule has 0 aromatic heterocycles. The van der Waals surface area contributed by atoms with Gasteiger partial charge in [-0.05, 0) is 119 Å². The maximum absolute atomic E-state index is 14.6. The quantitative estimate of drug-likeness (QED) is 0.352. The van der Waals surface area contributed by atoms with E-state index in [1.54, 1.807) is 19.1 Å². The highest BCUT2D eigenvalue weighted by molar-refractivity contribution is 5.33. The van der Waals surface area contributed by atoms with Crippen LogP contribution in [-0.2, 0) is 0 Å². The van der Waals surface area contributed by atoms with Crippen LogP contribution < -0.4 is 4.74 Å². The molecule has 0 spiro atoms. The van der Waals surface area contributed by atoms with E-state index in [0.29, 0.717) is 18.1 Å². The normalized spacial score (nSPS) is 25.5. The molecule has 34 heavy (non-hydrogen) atoms. The molecule has 2 aromatic carbocycles. The molecule has 0 amide bonds. The molecule has 0 N–H and O–H groups in total. The molecule has 1 nitrogen and oxygen atoms in total. The first-order chi connectivity index (χ1) is 16.5. The van der Waals surface area contributed by atoms with E-state index in [0.717, 1.165) is 43.9 Å². The second-order valence-corrected chi connectivity index (χ2v) is 10.5. The van der Waals surface area contributed by atoms with Crippen molar-refractivity contribution in [1.29, 1.82) is 0 Å². The highest BCUT2D eigenvalue weighted by atomic mass is 19.2. The summed E-state index contributed by atoms with van der Waals surface area (Å²) in [6.45, 7) is 4.27. The second-order valence-electron chi connectivity index (χ2n) is 10.5. The number of halogens is 2. The molecule has 0 heterocycles. The minimum absolute atomic E-state index is 0.0212. The van der Waals surface area contributed by atoms with Crippen LogP contribution in [-0.4, -0.2) is 6.61 Å². The summed E-state index contributed by atoms with van der Waals surface area (Å²) >= 11 is 0. The SMILES string of the molecule is CCOc1ccc(C2CCC(CC/C=C/C3CCC(c4ccc(C)cc4)CC3)CC2)c(F)c1F. The average Bonchev–Trinajstić information content (AvgIpc) is 2.86. The molecule has 0 bridgehead atoms. The number of allylic oxidation sites excluding steroid dienone is 2. The monoisotopic (exact) mass is 466 g/mol. The molecule has 0 saturated heterocycles. The van der Waals surface area contributed by atoms with Gasteiger partial charge in [0.25, 0.3) is 0 Å². The number of benzene rings is 2. The van der Waals surface area contributed by atoms with Gasteiger partial charge >= 0.3 is 0 Å². The van der Waals surface area contributed by atoms with Crippen molar-refractivity contribution in [3.63, 3.8) is 0 Å². The van der Waals surface area contributed by atoms with Crippen LogP contribution in [0.4, 0.5) is 8.78 Å². The Bertz CT molecular complexity index is 933. The fourth-order valence-electron chi connectivity index (χ4n) is 6.00. The lowest BCUT2D eigenvalue weighted by Gasteiger charge is -2.29. The summed E-state index contributed by atoms with van der Waals surface area (Å²) in [5.41, 5.74) is 3.38. The molecule has 0 atom stereocenters. The van der Waals surface area contributed by atoms with Crippen LogP contribution >= 0.6 is 0 Å². The number of rotatable bonds is 8. The molecule has 2 saturated carbocycles. The third kappa shape index (κ3) is 6.29. The van der Waals surface area contributed by atoms with E-state index < -0.39 is 11.6 Å². The largest absolute Gasteiger partial charge is 0.491 e. The summed E-state index contributed by atoms with van der Waals surface area (Å²) in [6.07, 6.45) is 16.5. The van der Waals surface area contributed by atoms with E-state index in [2.05, 4.69) is 43.3 Å². The zero-order chi connectivity index (χ0) is 23.9. The smallest absolute Gasteiger partial charge is 0.200 e. The number of hydrogen-bond donors (Lipinski definition) is 0. The van der Waals surface area contributed by atoms with E-state index in [-0.39, 0.29) is 11.7 Å². The molecular weight excluding hydrogens is 426 g/mol. The molecule has 3 heteroatoms. The molecule has 2 aromatic rings.